The smallest absolute Gasteiger partial charge is 0.246 e. The first-order valence-electron chi connectivity index (χ1n) is 8.93. The number of ether oxygens (including phenoxy) is 1. The highest BCUT2D eigenvalue weighted by Crippen LogP contribution is 2.18. The number of benzene rings is 2. The number of halogens is 2. The number of hydrogen-bond donors (Lipinski definition) is 1. The van der Waals surface area contributed by atoms with Crippen molar-refractivity contribution in [2.45, 2.75) is 6.54 Å². The van der Waals surface area contributed by atoms with Gasteiger partial charge in [-0.2, -0.15) is 0 Å². The third-order valence-electron chi connectivity index (χ3n) is 4.73. The number of nitrogens with zero attached hydrogens (tertiary/aromatic N) is 1. The molecule has 1 aliphatic heterocycles. The molecule has 142 valence electrons. The van der Waals surface area contributed by atoms with Gasteiger partial charge in [0.25, 0.3) is 0 Å². The first-order chi connectivity index (χ1) is 13.0. The van der Waals surface area contributed by atoms with E-state index in [0.29, 0.717) is 30.4 Å². The average Bonchev–Trinajstić information content (AvgIpc) is 2.67. The molecule has 1 fully saturated rings. The van der Waals surface area contributed by atoms with E-state index in [1.807, 2.05) is 23.1 Å². The van der Waals surface area contributed by atoms with Gasteiger partial charge in [-0.25, -0.2) is 4.39 Å². The van der Waals surface area contributed by atoms with E-state index in [2.05, 4.69) is 0 Å². The Morgan fingerprint density at radius 3 is 2.74 bits per heavy atom. The van der Waals surface area contributed by atoms with Crippen LogP contribution in [0.25, 0.3) is 6.08 Å². The van der Waals surface area contributed by atoms with E-state index in [-0.39, 0.29) is 11.7 Å². The Labute approximate surface area is 163 Å². The molecule has 0 aliphatic carbocycles. The Morgan fingerprint density at radius 2 is 2.04 bits per heavy atom. The number of rotatable bonds is 5. The van der Waals surface area contributed by atoms with Crippen LogP contribution in [0.4, 0.5) is 4.39 Å². The lowest BCUT2D eigenvalue weighted by Gasteiger charge is -2.32. The zero-order chi connectivity index (χ0) is 19.2. The Balaban J connectivity index is 1.54. The van der Waals surface area contributed by atoms with Crippen LogP contribution in [0, 0.1) is 5.82 Å². The summed E-state index contributed by atoms with van der Waals surface area (Å²) in [6.07, 6.45) is 3.37. The van der Waals surface area contributed by atoms with Crippen molar-refractivity contribution >= 4 is 23.6 Å². The summed E-state index contributed by atoms with van der Waals surface area (Å²) in [5.41, 5.74) is 1.76. The van der Waals surface area contributed by atoms with Gasteiger partial charge in [-0.1, -0.05) is 23.7 Å². The molecule has 3 rings (SSSR count). The monoisotopic (exact) mass is 389 g/mol. The van der Waals surface area contributed by atoms with Crippen LogP contribution in [0.5, 0.6) is 5.75 Å². The number of quaternary nitrogens is 1. The normalized spacial score (nSPS) is 15.3. The topological polar surface area (TPSA) is 34.0 Å². The fourth-order valence-corrected chi connectivity index (χ4v) is 3.46. The molecule has 0 bridgehead atoms. The maximum atomic E-state index is 13.5. The summed E-state index contributed by atoms with van der Waals surface area (Å²) in [7, 11) is 1.59. The molecule has 1 aliphatic rings. The Hall–Kier alpha value is -2.37. The lowest BCUT2D eigenvalue weighted by atomic mass is 10.1. The van der Waals surface area contributed by atoms with Crippen LogP contribution in [0.15, 0.2) is 48.5 Å². The molecule has 0 aromatic heterocycles. The molecule has 2 aromatic rings. The van der Waals surface area contributed by atoms with Crippen molar-refractivity contribution in [2.75, 3.05) is 33.3 Å². The Bertz CT molecular complexity index is 833. The summed E-state index contributed by atoms with van der Waals surface area (Å²) in [5, 5.41) is 0.648. The lowest BCUT2D eigenvalue weighted by Crippen LogP contribution is -3.13. The van der Waals surface area contributed by atoms with Crippen molar-refractivity contribution in [3.05, 3.63) is 70.5 Å². The second-order valence-electron chi connectivity index (χ2n) is 6.60. The van der Waals surface area contributed by atoms with Gasteiger partial charge in [-0.3, -0.25) is 4.79 Å². The van der Waals surface area contributed by atoms with Gasteiger partial charge in [0.15, 0.2) is 0 Å². The van der Waals surface area contributed by atoms with E-state index in [1.165, 1.54) is 17.0 Å². The minimum absolute atomic E-state index is 0.00244. The van der Waals surface area contributed by atoms with E-state index in [9.17, 15) is 9.18 Å². The van der Waals surface area contributed by atoms with Crippen LogP contribution in [0.3, 0.4) is 0 Å². The third-order valence-corrected chi connectivity index (χ3v) is 4.97. The van der Waals surface area contributed by atoms with E-state index in [0.717, 1.165) is 24.2 Å². The average molecular weight is 390 g/mol. The van der Waals surface area contributed by atoms with Crippen molar-refractivity contribution in [1.82, 2.24) is 4.90 Å². The van der Waals surface area contributed by atoms with Crippen molar-refractivity contribution in [3.63, 3.8) is 0 Å². The molecule has 1 amide bonds. The molecule has 1 heterocycles. The molecule has 2 aromatic carbocycles. The predicted molar refractivity (Wildman–Crippen MR) is 104 cm³/mol. The second kappa shape index (κ2) is 9.02. The molecule has 0 spiro atoms. The molecule has 1 saturated heterocycles. The zero-order valence-corrected chi connectivity index (χ0v) is 16.0. The first kappa shape index (κ1) is 19.4. The van der Waals surface area contributed by atoms with Gasteiger partial charge < -0.3 is 14.5 Å². The number of carbonyl (C=O) groups excluding carboxylic acids is 1. The molecular formula is C21H23ClFN2O2+. The number of nitrogens with one attached hydrogen (secondary N) is 1. The molecule has 0 saturated carbocycles. The maximum absolute atomic E-state index is 13.5. The van der Waals surface area contributed by atoms with Crippen molar-refractivity contribution in [1.29, 1.82) is 0 Å². The SMILES string of the molecule is COc1ccc(F)cc1C[NH+]1CCN(C(=O)/C=C/c2cccc(Cl)c2)CC1. The highest BCUT2D eigenvalue weighted by atomic mass is 35.5. The van der Waals surface area contributed by atoms with E-state index < -0.39 is 0 Å². The van der Waals surface area contributed by atoms with Crippen LogP contribution in [-0.4, -0.2) is 44.1 Å². The fourth-order valence-electron chi connectivity index (χ4n) is 3.26. The number of hydrogen-bond acceptors (Lipinski definition) is 2. The van der Waals surface area contributed by atoms with Crippen LogP contribution in [0.2, 0.25) is 5.02 Å². The Kier molecular flexibility index (Phi) is 6.48. The quantitative estimate of drug-likeness (QED) is 0.797. The molecule has 0 atom stereocenters. The molecule has 27 heavy (non-hydrogen) atoms. The Morgan fingerprint density at radius 1 is 1.26 bits per heavy atom. The third kappa shape index (κ3) is 5.31. The molecular weight excluding hydrogens is 367 g/mol. The molecule has 6 heteroatoms. The highest BCUT2D eigenvalue weighted by Gasteiger charge is 2.23. The van der Waals surface area contributed by atoms with Crippen molar-refractivity contribution in [3.8, 4) is 5.75 Å². The van der Waals surface area contributed by atoms with Crippen LogP contribution in [0.1, 0.15) is 11.1 Å². The second-order valence-corrected chi connectivity index (χ2v) is 7.03. The standard InChI is InChI=1S/C21H22ClFN2O2/c1-27-20-7-6-19(23)14-17(20)15-24-9-11-25(12-10-24)21(26)8-5-16-3-2-4-18(22)13-16/h2-8,13-14H,9-12,15H2,1H3/p+1/b8-5+. The molecule has 0 unspecified atom stereocenters. The van der Waals surface area contributed by atoms with Crippen molar-refractivity contribution < 1.29 is 18.8 Å². The largest absolute Gasteiger partial charge is 0.496 e. The van der Waals surface area contributed by atoms with Crippen molar-refractivity contribution in [2.24, 2.45) is 0 Å². The number of amides is 1. The van der Waals surface area contributed by atoms with Gasteiger partial charge in [0.2, 0.25) is 5.91 Å². The van der Waals surface area contributed by atoms with E-state index in [4.69, 9.17) is 16.3 Å². The van der Waals surface area contributed by atoms with Crippen LogP contribution in [-0.2, 0) is 11.3 Å². The van der Waals surface area contributed by atoms with E-state index >= 15 is 0 Å². The summed E-state index contributed by atoms with van der Waals surface area (Å²) >= 11 is 5.96. The van der Waals surface area contributed by atoms with Crippen LogP contribution >= 0.6 is 11.6 Å². The fraction of sp³-hybridized carbons (Fsp3) is 0.286. The number of carbonyl (C=O) groups is 1. The minimum Gasteiger partial charge on any atom is -0.496 e. The van der Waals surface area contributed by atoms with Gasteiger partial charge in [0, 0.05) is 11.1 Å². The predicted octanol–water partition coefficient (Wildman–Crippen LogP) is 2.43. The minimum atomic E-state index is -0.259. The summed E-state index contributed by atoms with van der Waals surface area (Å²) < 4.78 is 18.8. The summed E-state index contributed by atoms with van der Waals surface area (Å²) in [6, 6.07) is 12.0. The van der Waals surface area contributed by atoms with Gasteiger partial charge in [-0.05, 0) is 42.0 Å². The lowest BCUT2D eigenvalue weighted by molar-refractivity contribution is -0.917. The molecule has 0 radical (unpaired) electrons. The van der Waals surface area contributed by atoms with Crippen LogP contribution < -0.4 is 9.64 Å². The van der Waals surface area contributed by atoms with E-state index in [1.54, 1.807) is 31.4 Å². The summed E-state index contributed by atoms with van der Waals surface area (Å²) in [6.45, 7) is 3.66. The number of piperazine rings is 1. The zero-order valence-electron chi connectivity index (χ0n) is 15.3. The summed E-state index contributed by atoms with van der Waals surface area (Å²) in [5.74, 6) is 0.439. The van der Waals surface area contributed by atoms with Gasteiger partial charge in [0.1, 0.15) is 18.1 Å². The molecule has 4 nitrogen and oxygen atoms in total. The first-order valence-corrected chi connectivity index (χ1v) is 9.31. The van der Waals surface area contributed by atoms with Gasteiger partial charge >= 0.3 is 0 Å². The number of methoxy groups -OCH3 is 1. The maximum Gasteiger partial charge on any atom is 0.246 e. The van der Waals surface area contributed by atoms with Gasteiger partial charge in [0.05, 0.1) is 38.9 Å². The molecule has 1 N–H and O–H groups in total. The summed E-state index contributed by atoms with van der Waals surface area (Å²) in [4.78, 5) is 15.5. The highest BCUT2D eigenvalue weighted by molar-refractivity contribution is 6.30. The van der Waals surface area contributed by atoms with Gasteiger partial charge in [-0.15, -0.1) is 0 Å².